The maximum atomic E-state index is 6.59. The molecule has 0 amide bonds. The van der Waals surface area contributed by atoms with Gasteiger partial charge in [-0.2, -0.15) is 0 Å². The van der Waals surface area contributed by atoms with Crippen LogP contribution in [0.25, 0.3) is 0 Å². The van der Waals surface area contributed by atoms with Crippen molar-refractivity contribution in [2.75, 3.05) is 0 Å². The standard InChI is InChI=1S/2C18H15P.C8H13.C5H10.Ru/c2*1-4-10-16(11-5-1)19(17-12-6-2-7-13-17)18-14-8-3-9-15-18;1-3-5-7-8-6-4-2;1-2-4-5-3-1;/h2*1-15H;3,5-8H2,1H3;1-5H2;/q;;-1;;+2. The summed E-state index contributed by atoms with van der Waals surface area (Å²) in [6, 6.07) is 64.7. The molecule has 0 aromatic heterocycles. The van der Waals surface area contributed by atoms with Crippen LogP contribution in [-0.2, 0) is 19.5 Å². The van der Waals surface area contributed by atoms with E-state index in [1.165, 1.54) is 83.2 Å². The summed E-state index contributed by atoms with van der Waals surface area (Å²) >= 11 is 0. The van der Waals surface area contributed by atoms with Crippen LogP contribution < -0.4 is 31.8 Å². The van der Waals surface area contributed by atoms with E-state index in [2.05, 4.69) is 195 Å². The Hall–Kier alpha value is -3.64. The van der Waals surface area contributed by atoms with Gasteiger partial charge in [0.25, 0.3) is 0 Å². The molecule has 0 heterocycles. The van der Waals surface area contributed by atoms with Crippen molar-refractivity contribution >= 4 is 47.7 Å². The maximum Gasteiger partial charge on any atom is 2.00 e. The molecule has 266 valence electrons. The molecule has 0 N–H and O–H groups in total. The Morgan fingerprint density at radius 1 is 0.385 bits per heavy atom. The third kappa shape index (κ3) is 15.5. The van der Waals surface area contributed by atoms with Crippen molar-refractivity contribution in [3.63, 3.8) is 0 Å². The summed E-state index contributed by atoms with van der Waals surface area (Å²) in [5.41, 5.74) is 0. The van der Waals surface area contributed by atoms with Gasteiger partial charge >= 0.3 is 19.5 Å². The molecule has 1 aliphatic carbocycles. The van der Waals surface area contributed by atoms with Gasteiger partial charge in [0, 0.05) is 0 Å². The number of benzene rings is 6. The van der Waals surface area contributed by atoms with Gasteiger partial charge in [-0.1, -0.05) is 240 Å². The van der Waals surface area contributed by atoms with E-state index in [0.717, 1.165) is 12.8 Å². The van der Waals surface area contributed by atoms with Gasteiger partial charge in [-0.05, 0) is 60.5 Å². The monoisotopic (exact) mass is 805 g/mol. The summed E-state index contributed by atoms with van der Waals surface area (Å²) in [7, 11) is -0.892. The summed E-state index contributed by atoms with van der Waals surface area (Å²) in [5, 5.41) is 8.39. The van der Waals surface area contributed by atoms with Crippen molar-refractivity contribution in [1.82, 2.24) is 0 Å². The first-order valence-electron chi connectivity index (χ1n) is 18.6. The molecule has 7 rings (SSSR count). The molecular weight excluding hydrogens is 752 g/mol. The van der Waals surface area contributed by atoms with Gasteiger partial charge in [0.15, 0.2) is 0 Å². The molecule has 1 aliphatic rings. The first-order chi connectivity index (χ1) is 25.3. The normalized spacial score (nSPS) is 11.3. The molecule has 0 saturated heterocycles. The average molecular weight is 805 g/mol. The number of unbranched alkanes of at least 4 members (excludes halogenated alkanes) is 4. The first kappa shape index (κ1) is 42.8. The predicted molar refractivity (Wildman–Crippen MR) is 229 cm³/mol. The summed E-state index contributed by atoms with van der Waals surface area (Å²) in [6.07, 6.45) is 19.9. The van der Waals surface area contributed by atoms with Gasteiger partial charge in [-0.25, -0.2) is 0 Å². The Balaban J connectivity index is 0.000000208. The second-order valence-electron chi connectivity index (χ2n) is 12.4. The van der Waals surface area contributed by atoms with Crippen LogP contribution in [0.3, 0.4) is 0 Å². The molecular formula is C49H53P2Ru+. The zero-order valence-electron chi connectivity index (χ0n) is 30.6. The van der Waals surface area contributed by atoms with Crippen molar-refractivity contribution in [3.05, 3.63) is 188 Å². The van der Waals surface area contributed by atoms with Gasteiger partial charge in [0.05, 0.1) is 0 Å². The Labute approximate surface area is 330 Å². The quantitative estimate of drug-likeness (QED) is 0.0425. The first-order valence-corrected chi connectivity index (χ1v) is 21.3. The van der Waals surface area contributed by atoms with Gasteiger partial charge in [-0.3, -0.25) is 0 Å². The van der Waals surface area contributed by atoms with Crippen molar-refractivity contribution in [1.29, 1.82) is 0 Å². The minimum Gasteiger partial charge on any atom is -0.694 e. The largest absolute Gasteiger partial charge is 2.00 e. The second-order valence-corrected chi connectivity index (χ2v) is 16.9. The molecule has 1 saturated carbocycles. The van der Waals surface area contributed by atoms with Gasteiger partial charge in [0.1, 0.15) is 0 Å². The molecule has 0 aliphatic heterocycles. The molecule has 3 heteroatoms. The fourth-order valence-electron chi connectivity index (χ4n) is 5.88. The summed E-state index contributed by atoms with van der Waals surface area (Å²) in [4.78, 5) is 0. The topological polar surface area (TPSA) is 0 Å². The van der Waals surface area contributed by atoms with E-state index < -0.39 is 15.8 Å². The molecule has 0 atom stereocenters. The van der Waals surface area contributed by atoms with Crippen LogP contribution in [0.5, 0.6) is 0 Å². The van der Waals surface area contributed by atoms with E-state index in [1.807, 2.05) is 0 Å². The van der Waals surface area contributed by atoms with Crippen LogP contribution in [-0.4, -0.2) is 0 Å². The Bertz CT molecular complexity index is 1420. The summed E-state index contributed by atoms with van der Waals surface area (Å²) < 4.78 is 0. The fourth-order valence-corrected chi connectivity index (χ4v) is 10.5. The SMILES string of the molecule is C1CCCC1.[C-]#CCCCCCC.[Ru+2].c1ccc(P(c2ccccc2)c2ccccc2)cc1.c1ccc(P(c2ccccc2)c2ccccc2)cc1. The van der Waals surface area contributed by atoms with Crippen molar-refractivity contribution in [2.45, 2.75) is 71.1 Å². The van der Waals surface area contributed by atoms with Crippen molar-refractivity contribution < 1.29 is 19.5 Å². The predicted octanol–water partition coefficient (Wildman–Crippen LogP) is 11.4. The van der Waals surface area contributed by atoms with Crippen LogP contribution in [0.2, 0.25) is 0 Å². The molecule has 0 unspecified atom stereocenters. The van der Waals surface area contributed by atoms with Gasteiger partial charge in [-0.15, -0.1) is 0 Å². The molecule has 6 aromatic carbocycles. The summed E-state index contributed by atoms with van der Waals surface area (Å²) in [6.45, 7) is 2.19. The second kappa shape index (κ2) is 27.0. The molecule has 6 aromatic rings. The minimum atomic E-state index is -0.446. The van der Waals surface area contributed by atoms with E-state index >= 15 is 0 Å². The Morgan fingerprint density at radius 3 is 0.808 bits per heavy atom. The molecule has 0 bridgehead atoms. The molecule has 0 nitrogen and oxygen atoms in total. The van der Waals surface area contributed by atoms with Crippen LogP contribution in [0, 0.1) is 12.3 Å². The molecule has 52 heavy (non-hydrogen) atoms. The van der Waals surface area contributed by atoms with E-state index in [1.54, 1.807) is 0 Å². The van der Waals surface area contributed by atoms with Crippen molar-refractivity contribution in [2.24, 2.45) is 0 Å². The number of hydrogen-bond acceptors (Lipinski definition) is 0. The van der Waals surface area contributed by atoms with E-state index in [9.17, 15) is 0 Å². The van der Waals surface area contributed by atoms with Crippen molar-refractivity contribution in [3.8, 4) is 5.92 Å². The van der Waals surface area contributed by atoms with E-state index in [-0.39, 0.29) is 19.5 Å². The third-order valence-corrected chi connectivity index (χ3v) is 13.4. The fraction of sp³-hybridized carbons (Fsp3) is 0.224. The zero-order chi connectivity index (χ0) is 35.6. The Morgan fingerprint density at radius 2 is 0.615 bits per heavy atom. The molecule has 0 radical (unpaired) electrons. The van der Waals surface area contributed by atoms with Gasteiger partial charge < -0.3 is 12.3 Å². The average Bonchev–Trinajstić information content (AvgIpc) is 3.81. The minimum absolute atomic E-state index is 0. The van der Waals surface area contributed by atoms with Crippen LogP contribution in [0.4, 0.5) is 0 Å². The number of rotatable bonds is 10. The Kier molecular flexibility index (Phi) is 22.2. The van der Waals surface area contributed by atoms with E-state index in [4.69, 9.17) is 6.42 Å². The zero-order valence-corrected chi connectivity index (χ0v) is 34.2. The molecule has 0 spiro atoms. The van der Waals surface area contributed by atoms with Gasteiger partial charge in [0.2, 0.25) is 0 Å². The third-order valence-electron chi connectivity index (χ3n) is 8.49. The smallest absolute Gasteiger partial charge is 0.694 e. The van der Waals surface area contributed by atoms with Crippen LogP contribution in [0.15, 0.2) is 182 Å². The molecule has 1 fully saturated rings. The number of hydrogen-bond donors (Lipinski definition) is 0. The van der Waals surface area contributed by atoms with E-state index in [0.29, 0.717) is 0 Å². The van der Waals surface area contributed by atoms with Crippen LogP contribution in [0.1, 0.15) is 71.1 Å². The van der Waals surface area contributed by atoms with Crippen LogP contribution >= 0.6 is 15.8 Å². The maximum absolute atomic E-state index is 6.59. The summed E-state index contributed by atoms with van der Waals surface area (Å²) in [5.74, 6) is 2.38.